The molecule has 1 atom stereocenters. The Bertz CT molecular complexity index is 519. The lowest BCUT2D eigenvalue weighted by molar-refractivity contribution is -0.124. The molecule has 0 heterocycles. The quantitative estimate of drug-likeness (QED) is 0.616. The molecular weight excluding hydrogens is 338 g/mol. The number of amides is 2. The maximum Gasteiger partial charge on any atom is 0.237 e. The summed E-state index contributed by atoms with van der Waals surface area (Å²) in [5.74, 6) is 0.442. The molecule has 2 rings (SSSR count). The zero-order valence-electron chi connectivity index (χ0n) is 14.7. The molecule has 0 spiro atoms. The standard InChI is InChI=1S/C19H29N3O2.ClH/c20-17(13-15-7-3-1-4-8-15)19(24)22-12-11-21-18(23)14-16-9-5-2-6-10-16;/h1,3-4,7-8,16-17H,2,5-6,9-14,20H2,(H,21,23)(H,22,24);1H/t17-;/m0./s1. The largest absolute Gasteiger partial charge is 0.354 e. The van der Waals surface area contributed by atoms with Gasteiger partial charge in [0.1, 0.15) is 0 Å². The molecular formula is C19H30ClN3O2. The van der Waals surface area contributed by atoms with E-state index in [-0.39, 0.29) is 24.2 Å². The van der Waals surface area contributed by atoms with Crippen LogP contribution in [0.5, 0.6) is 0 Å². The van der Waals surface area contributed by atoms with Gasteiger partial charge in [-0.25, -0.2) is 0 Å². The molecule has 1 saturated carbocycles. The monoisotopic (exact) mass is 367 g/mol. The minimum atomic E-state index is -0.564. The van der Waals surface area contributed by atoms with E-state index in [1.54, 1.807) is 0 Å². The van der Waals surface area contributed by atoms with E-state index >= 15 is 0 Å². The van der Waals surface area contributed by atoms with Crippen LogP contribution >= 0.6 is 12.4 Å². The molecule has 140 valence electrons. The average Bonchev–Trinajstić information content (AvgIpc) is 2.60. The maximum atomic E-state index is 12.0. The van der Waals surface area contributed by atoms with E-state index in [9.17, 15) is 9.59 Å². The number of rotatable bonds is 8. The molecule has 0 radical (unpaired) electrons. The third-order valence-electron chi connectivity index (χ3n) is 4.58. The summed E-state index contributed by atoms with van der Waals surface area (Å²) in [7, 11) is 0. The first kappa shape index (κ1) is 21.5. The first-order valence-electron chi connectivity index (χ1n) is 8.99. The highest BCUT2D eigenvalue weighted by Crippen LogP contribution is 2.25. The van der Waals surface area contributed by atoms with E-state index in [1.165, 1.54) is 32.1 Å². The molecule has 1 aromatic carbocycles. The molecule has 5 nitrogen and oxygen atoms in total. The average molecular weight is 368 g/mol. The van der Waals surface area contributed by atoms with Crippen molar-refractivity contribution in [3.63, 3.8) is 0 Å². The lowest BCUT2D eigenvalue weighted by atomic mass is 9.87. The van der Waals surface area contributed by atoms with Crippen molar-refractivity contribution < 1.29 is 9.59 Å². The van der Waals surface area contributed by atoms with Gasteiger partial charge in [0, 0.05) is 19.5 Å². The number of hydrogen-bond acceptors (Lipinski definition) is 3. The molecule has 1 aliphatic carbocycles. The second-order valence-corrected chi connectivity index (χ2v) is 6.65. The van der Waals surface area contributed by atoms with Crippen molar-refractivity contribution in [3.05, 3.63) is 35.9 Å². The Balaban J connectivity index is 0.00000312. The molecule has 2 amide bonds. The fourth-order valence-electron chi connectivity index (χ4n) is 3.21. The Morgan fingerprint density at radius 3 is 2.36 bits per heavy atom. The van der Waals surface area contributed by atoms with Crippen LogP contribution in [0.3, 0.4) is 0 Å². The molecule has 4 N–H and O–H groups in total. The van der Waals surface area contributed by atoms with Crippen LogP contribution in [-0.2, 0) is 16.0 Å². The summed E-state index contributed by atoms with van der Waals surface area (Å²) >= 11 is 0. The second-order valence-electron chi connectivity index (χ2n) is 6.65. The number of benzene rings is 1. The molecule has 1 aliphatic rings. The zero-order chi connectivity index (χ0) is 17.2. The Morgan fingerprint density at radius 2 is 1.68 bits per heavy atom. The number of halogens is 1. The lowest BCUT2D eigenvalue weighted by Crippen LogP contribution is -2.44. The summed E-state index contributed by atoms with van der Waals surface area (Å²) in [6, 6.07) is 9.15. The molecule has 0 unspecified atom stereocenters. The van der Waals surface area contributed by atoms with Gasteiger partial charge in [0.2, 0.25) is 11.8 Å². The van der Waals surface area contributed by atoms with Crippen molar-refractivity contribution in [1.29, 1.82) is 0 Å². The topological polar surface area (TPSA) is 84.2 Å². The summed E-state index contributed by atoms with van der Waals surface area (Å²) in [6.07, 6.45) is 7.24. The van der Waals surface area contributed by atoms with E-state index in [0.29, 0.717) is 31.8 Å². The van der Waals surface area contributed by atoms with Gasteiger partial charge in [0.15, 0.2) is 0 Å². The highest BCUT2D eigenvalue weighted by Gasteiger charge is 2.17. The second kappa shape index (κ2) is 11.9. The molecule has 0 aromatic heterocycles. The van der Waals surface area contributed by atoms with E-state index in [2.05, 4.69) is 10.6 Å². The summed E-state index contributed by atoms with van der Waals surface area (Å²) < 4.78 is 0. The zero-order valence-corrected chi connectivity index (χ0v) is 15.5. The fraction of sp³-hybridized carbons (Fsp3) is 0.579. The van der Waals surface area contributed by atoms with Gasteiger partial charge in [-0.15, -0.1) is 12.4 Å². The van der Waals surface area contributed by atoms with Crippen molar-refractivity contribution >= 4 is 24.2 Å². The van der Waals surface area contributed by atoms with E-state index in [0.717, 1.165) is 5.56 Å². The smallest absolute Gasteiger partial charge is 0.237 e. The first-order chi connectivity index (χ1) is 11.6. The molecule has 0 bridgehead atoms. The van der Waals surface area contributed by atoms with Crippen molar-refractivity contribution in [1.82, 2.24) is 10.6 Å². The Hall–Kier alpha value is -1.59. The third-order valence-corrected chi connectivity index (χ3v) is 4.58. The van der Waals surface area contributed by atoms with Crippen LogP contribution in [0.4, 0.5) is 0 Å². The first-order valence-corrected chi connectivity index (χ1v) is 8.99. The van der Waals surface area contributed by atoms with Gasteiger partial charge in [-0.3, -0.25) is 9.59 Å². The number of hydrogen-bond donors (Lipinski definition) is 3. The summed E-state index contributed by atoms with van der Waals surface area (Å²) in [4.78, 5) is 23.8. The van der Waals surface area contributed by atoms with Gasteiger partial charge < -0.3 is 16.4 Å². The Kier molecular flexibility index (Phi) is 10.2. The molecule has 6 heteroatoms. The SMILES string of the molecule is Cl.N[C@@H](Cc1ccccc1)C(=O)NCCNC(=O)CC1CCCCC1. The van der Waals surface area contributed by atoms with E-state index < -0.39 is 6.04 Å². The van der Waals surface area contributed by atoms with Gasteiger partial charge in [0.05, 0.1) is 6.04 Å². The highest BCUT2D eigenvalue weighted by molar-refractivity contribution is 5.85. The minimum Gasteiger partial charge on any atom is -0.354 e. The number of carbonyl (C=O) groups is 2. The third kappa shape index (κ3) is 8.36. The molecule has 1 aromatic rings. The summed E-state index contributed by atoms with van der Waals surface area (Å²) in [6.45, 7) is 0.868. The Morgan fingerprint density at radius 1 is 1.04 bits per heavy atom. The van der Waals surface area contributed by atoms with Crippen LogP contribution in [0.2, 0.25) is 0 Å². The van der Waals surface area contributed by atoms with Crippen molar-refractivity contribution in [2.24, 2.45) is 11.7 Å². The van der Waals surface area contributed by atoms with Crippen LogP contribution in [0.15, 0.2) is 30.3 Å². The highest BCUT2D eigenvalue weighted by atomic mass is 35.5. The van der Waals surface area contributed by atoms with E-state index in [1.807, 2.05) is 30.3 Å². The maximum absolute atomic E-state index is 12.0. The van der Waals surface area contributed by atoms with Gasteiger partial charge in [-0.2, -0.15) is 0 Å². The van der Waals surface area contributed by atoms with Crippen LogP contribution in [-0.4, -0.2) is 30.9 Å². The predicted molar refractivity (Wildman–Crippen MR) is 103 cm³/mol. The van der Waals surface area contributed by atoms with Crippen molar-refractivity contribution in [3.8, 4) is 0 Å². The van der Waals surface area contributed by atoms with Crippen LogP contribution in [0.1, 0.15) is 44.1 Å². The molecule has 0 saturated heterocycles. The van der Waals surface area contributed by atoms with Gasteiger partial charge in [-0.05, 0) is 30.7 Å². The number of carbonyl (C=O) groups excluding carboxylic acids is 2. The van der Waals surface area contributed by atoms with Gasteiger partial charge in [0.25, 0.3) is 0 Å². The van der Waals surface area contributed by atoms with Crippen molar-refractivity contribution in [2.75, 3.05) is 13.1 Å². The van der Waals surface area contributed by atoms with E-state index in [4.69, 9.17) is 5.73 Å². The van der Waals surface area contributed by atoms with Gasteiger partial charge in [-0.1, -0.05) is 49.6 Å². The van der Waals surface area contributed by atoms with Crippen LogP contribution in [0, 0.1) is 5.92 Å². The summed E-state index contributed by atoms with van der Waals surface area (Å²) in [5.41, 5.74) is 6.96. The van der Waals surface area contributed by atoms with Gasteiger partial charge >= 0.3 is 0 Å². The Labute approximate surface area is 156 Å². The normalized spacial score (nSPS) is 15.7. The number of nitrogens with two attached hydrogens (primary N) is 1. The molecule has 1 fully saturated rings. The van der Waals surface area contributed by atoms with Crippen LogP contribution < -0.4 is 16.4 Å². The van der Waals surface area contributed by atoms with Crippen LogP contribution in [0.25, 0.3) is 0 Å². The van der Waals surface area contributed by atoms with Crippen molar-refractivity contribution in [2.45, 2.75) is 51.0 Å². The predicted octanol–water partition coefficient (Wildman–Crippen LogP) is 2.18. The molecule has 0 aliphatic heterocycles. The lowest BCUT2D eigenvalue weighted by Gasteiger charge is -2.20. The summed E-state index contributed by atoms with van der Waals surface area (Å²) in [5, 5.41) is 5.66. The fourth-order valence-corrected chi connectivity index (χ4v) is 3.21. The minimum absolute atomic E-state index is 0. The molecule has 25 heavy (non-hydrogen) atoms. The number of nitrogens with one attached hydrogen (secondary N) is 2.